The Bertz CT molecular complexity index is 819. The van der Waals surface area contributed by atoms with Gasteiger partial charge in [-0.3, -0.25) is 19.2 Å². The number of amides is 4. The molecule has 10 N–H and O–H groups in total. The van der Waals surface area contributed by atoms with Crippen LogP contribution in [0.25, 0.3) is 0 Å². The first-order valence-corrected chi connectivity index (χ1v) is 10.5. The molecule has 0 aliphatic carbocycles. The monoisotopic (exact) mass is 464 g/mol. The van der Waals surface area contributed by atoms with E-state index in [4.69, 9.17) is 17.2 Å². The number of carboxylic acids is 1. The van der Waals surface area contributed by atoms with E-state index in [1.807, 2.05) is 0 Å². The summed E-state index contributed by atoms with van der Waals surface area (Å²) in [4.78, 5) is 59.4. The van der Waals surface area contributed by atoms with Gasteiger partial charge in [-0.2, -0.15) is 0 Å². The van der Waals surface area contributed by atoms with Gasteiger partial charge in [-0.25, -0.2) is 4.79 Å². The third-order valence-corrected chi connectivity index (χ3v) is 4.68. The van der Waals surface area contributed by atoms with E-state index in [2.05, 4.69) is 16.0 Å². The fraction of sp³-hybridized carbons (Fsp3) is 0.476. The number of benzene rings is 1. The first-order valence-electron chi connectivity index (χ1n) is 10.5. The van der Waals surface area contributed by atoms with Gasteiger partial charge in [0.05, 0.1) is 19.0 Å². The lowest BCUT2D eigenvalue weighted by Crippen LogP contribution is -2.54. The molecule has 0 fully saturated rings. The van der Waals surface area contributed by atoms with E-state index in [1.165, 1.54) is 0 Å². The van der Waals surface area contributed by atoms with Crippen molar-refractivity contribution in [3.8, 4) is 0 Å². The predicted octanol–water partition coefficient (Wildman–Crippen LogP) is -2.27. The van der Waals surface area contributed by atoms with Crippen molar-refractivity contribution in [2.24, 2.45) is 17.2 Å². The van der Waals surface area contributed by atoms with Gasteiger partial charge in [0.25, 0.3) is 0 Å². The van der Waals surface area contributed by atoms with Crippen LogP contribution in [0.15, 0.2) is 30.3 Å². The van der Waals surface area contributed by atoms with Gasteiger partial charge in [0.2, 0.25) is 23.6 Å². The van der Waals surface area contributed by atoms with Gasteiger partial charge in [-0.1, -0.05) is 30.3 Å². The normalized spacial score (nSPS) is 13.3. The molecule has 33 heavy (non-hydrogen) atoms. The lowest BCUT2D eigenvalue weighted by atomic mass is 10.1. The maximum Gasteiger partial charge on any atom is 0.326 e. The minimum atomic E-state index is -1.22. The van der Waals surface area contributed by atoms with Crippen LogP contribution in [0.3, 0.4) is 0 Å². The van der Waals surface area contributed by atoms with E-state index in [1.54, 1.807) is 30.3 Å². The van der Waals surface area contributed by atoms with Crippen LogP contribution < -0.4 is 33.2 Å². The van der Waals surface area contributed by atoms with E-state index in [0.29, 0.717) is 19.4 Å². The third-order valence-electron chi connectivity index (χ3n) is 4.68. The molecule has 1 aromatic carbocycles. The number of carbonyl (C=O) groups excluding carboxylic acids is 4. The standard InChI is InChI=1S/C21H32N6O6/c22-9-5-4-8-15(27-19(30)14(23)11-17(24)28)20(31)25-12-18(29)26-16(21(32)33)10-13-6-2-1-3-7-13/h1-3,6-7,14-16H,4-5,8-12,22-23H2,(H2,24,28)(H,25,31)(H,26,29)(H,27,30)(H,32,33). The molecule has 0 aliphatic rings. The SMILES string of the molecule is NCCCCC(NC(=O)C(N)CC(N)=O)C(=O)NCC(=O)NC(Cc1ccccc1)C(=O)O. The smallest absolute Gasteiger partial charge is 0.326 e. The second-order valence-corrected chi connectivity index (χ2v) is 7.49. The maximum atomic E-state index is 12.5. The van der Waals surface area contributed by atoms with E-state index in [9.17, 15) is 29.1 Å². The van der Waals surface area contributed by atoms with Crippen LogP contribution in [0, 0.1) is 0 Å². The second kappa shape index (κ2) is 14.5. The topological polar surface area (TPSA) is 220 Å². The molecule has 0 saturated heterocycles. The maximum absolute atomic E-state index is 12.5. The fourth-order valence-electron chi connectivity index (χ4n) is 2.94. The Morgan fingerprint density at radius 3 is 2.18 bits per heavy atom. The van der Waals surface area contributed by atoms with Gasteiger partial charge >= 0.3 is 5.97 Å². The van der Waals surface area contributed by atoms with Crippen molar-refractivity contribution in [2.45, 2.75) is 50.2 Å². The molecule has 4 amide bonds. The first kappa shape index (κ1) is 27.5. The van der Waals surface area contributed by atoms with Crippen molar-refractivity contribution in [1.29, 1.82) is 0 Å². The van der Waals surface area contributed by atoms with Gasteiger partial charge in [-0.05, 0) is 31.4 Å². The van der Waals surface area contributed by atoms with Crippen molar-refractivity contribution in [3.63, 3.8) is 0 Å². The van der Waals surface area contributed by atoms with Crippen molar-refractivity contribution in [1.82, 2.24) is 16.0 Å². The molecule has 3 unspecified atom stereocenters. The summed E-state index contributed by atoms with van der Waals surface area (Å²) in [6.45, 7) is -0.0993. The van der Waals surface area contributed by atoms with Crippen molar-refractivity contribution in [2.75, 3.05) is 13.1 Å². The van der Waals surface area contributed by atoms with Crippen LogP contribution in [0.4, 0.5) is 0 Å². The lowest BCUT2D eigenvalue weighted by Gasteiger charge is -2.21. The molecule has 3 atom stereocenters. The first-order chi connectivity index (χ1) is 15.6. The summed E-state index contributed by atoms with van der Waals surface area (Å²) < 4.78 is 0. The zero-order valence-electron chi connectivity index (χ0n) is 18.3. The molecular weight excluding hydrogens is 432 g/mol. The summed E-state index contributed by atoms with van der Waals surface area (Å²) in [6, 6.07) is 5.36. The number of carboxylic acid groups (broad SMARTS) is 1. The summed E-state index contributed by atoms with van der Waals surface area (Å²) in [5.41, 5.74) is 16.8. The number of aliphatic carboxylic acids is 1. The fourth-order valence-corrected chi connectivity index (χ4v) is 2.94. The van der Waals surface area contributed by atoms with Gasteiger partial charge in [-0.15, -0.1) is 0 Å². The lowest BCUT2D eigenvalue weighted by molar-refractivity contribution is -0.141. The quantitative estimate of drug-likeness (QED) is 0.140. The van der Waals surface area contributed by atoms with Gasteiger partial charge < -0.3 is 38.3 Å². The summed E-state index contributed by atoms with van der Waals surface area (Å²) in [7, 11) is 0. The summed E-state index contributed by atoms with van der Waals surface area (Å²) in [5, 5.41) is 16.6. The molecule has 1 rings (SSSR count). The molecule has 0 aromatic heterocycles. The Labute approximate surface area is 191 Å². The number of carbonyl (C=O) groups is 5. The number of unbranched alkanes of at least 4 members (excludes halogenated alkanes) is 1. The highest BCUT2D eigenvalue weighted by molar-refractivity contribution is 5.93. The van der Waals surface area contributed by atoms with Crippen molar-refractivity contribution in [3.05, 3.63) is 35.9 Å². The highest BCUT2D eigenvalue weighted by Crippen LogP contribution is 2.04. The molecule has 0 radical (unpaired) electrons. The molecule has 182 valence electrons. The minimum Gasteiger partial charge on any atom is -0.480 e. The average molecular weight is 465 g/mol. The third kappa shape index (κ3) is 11.1. The van der Waals surface area contributed by atoms with Crippen LogP contribution in [-0.4, -0.2) is 65.9 Å². The zero-order chi connectivity index (χ0) is 24.8. The van der Waals surface area contributed by atoms with E-state index in [-0.39, 0.29) is 19.3 Å². The Morgan fingerprint density at radius 1 is 0.939 bits per heavy atom. The number of hydrogen-bond donors (Lipinski definition) is 7. The Morgan fingerprint density at radius 2 is 1.61 bits per heavy atom. The van der Waals surface area contributed by atoms with Crippen LogP contribution >= 0.6 is 0 Å². The number of hydrogen-bond acceptors (Lipinski definition) is 7. The molecule has 0 heterocycles. The highest BCUT2D eigenvalue weighted by atomic mass is 16.4. The van der Waals surface area contributed by atoms with Crippen molar-refractivity contribution >= 4 is 29.6 Å². The molecular formula is C21H32N6O6. The number of rotatable bonds is 15. The van der Waals surface area contributed by atoms with Gasteiger partial charge in [0.1, 0.15) is 12.1 Å². The number of nitrogens with one attached hydrogen (secondary N) is 3. The van der Waals surface area contributed by atoms with E-state index < -0.39 is 54.3 Å². The van der Waals surface area contributed by atoms with Crippen LogP contribution in [-0.2, 0) is 30.4 Å². The molecule has 1 aromatic rings. The summed E-state index contributed by atoms with van der Waals surface area (Å²) in [6.07, 6.45) is 1.04. The second-order valence-electron chi connectivity index (χ2n) is 7.49. The minimum absolute atomic E-state index is 0.0748. The van der Waals surface area contributed by atoms with Crippen LogP contribution in [0.2, 0.25) is 0 Å². The predicted molar refractivity (Wildman–Crippen MR) is 119 cm³/mol. The average Bonchev–Trinajstić information content (AvgIpc) is 2.76. The molecule has 0 spiro atoms. The summed E-state index contributed by atoms with van der Waals surface area (Å²) >= 11 is 0. The Hall–Kier alpha value is -3.51. The van der Waals surface area contributed by atoms with Crippen LogP contribution in [0.5, 0.6) is 0 Å². The summed E-state index contributed by atoms with van der Waals surface area (Å²) in [5.74, 6) is -4.07. The number of nitrogens with two attached hydrogens (primary N) is 3. The largest absolute Gasteiger partial charge is 0.480 e. The highest BCUT2D eigenvalue weighted by Gasteiger charge is 2.25. The van der Waals surface area contributed by atoms with Crippen molar-refractivity contribution < 1.29 is 29.1 Å². The molecule has 12 heteroatoms. The van der Waals surface area contributed by atoms with E-state index >= 15 is 0 Å². The number of primary amides is 1. The van der Waals surface area contributed by atoms with E-state index in [0.717, 1.165) is 5.56 Å². The Kier molecular flexibility index (Phi) is 12.1. The van der Waals surface area contributed by atoms with Gasteiger partial charge in [0.15, 0.2) is 0 Å². The zero-order valence-corrected chi connectivity index (χ0v) is 18.3. The van der Waals surface area contributed by atoms with Crippen LogP contribution in [0.1, 0.15) is 31.2 Å². The molecule has 0 saturated carbocycles. The Balaban J connectivity index is 2.67. The molecule has 0 bridgehead atoms. The van der Waals surface area contributed by atoms with Gasteiger partial charge in [0, 0.05) is 6.42 Å². The molecule has 12 nitrogen and oxygen atoms in total. The molecule has 0 aliphatic heterocycles.